The van der Waals surface area contributed by atoms with Gasteiger partial charge in [0.15, 0.2) is 11.4 Å². The predicted octanol–water partition coefficient (Wildman–Crippen LogP) is 6.72. The Kier molecular flexibility index (Phi) is 7.52. The largest absolute Gasteiger partial charge is 0.421 e. The van der Waals surface area contributed by atoms with Crippen molar-refractivity contribution in [3.63, 3.8) is 0 Å². The van der Waals surface area contributed by atoms with Crippen LogP contribution in [0.1, 0.15) is 21.5 Å². The van der Waals surface area contributed by atoms with Crippen LogP contribution in [-0.4, -0.2) is 17.8 Å². The molecule has 0 unspecified atom stereocenters. The predicted molar refractivity (Wildman–Crippen MR) is 148 cm³/mol. The van der Waals surface area contributed by atoms with E-state index in [-0.39, 0.29) is 11.6 Å². The highest BCUT2D eigenvalue weighted by atomic mass is 127. The molecule has 5 nitrogen and oxygen atoms in total. The van der Waals surface area contributed by atoms with Crippen LogP contribution < -0.4 is 4.74 Å². The molecule has 0 radical (unpaired) electrons. The van der Waals surface area contributed by atoms with Gasteiger partial charge in [-0.05, 0) is 122 Å². The van der Waals surface area contributed by atoms with Crippen LogP contribution in [0.2, 0.25) is 5.02 Å². The maximum atomic E-state index is 12.4. The van der Waals surface area contributed by atoms with Gasteiger partial charge in [0.05, 0.1) is 23.3 Å². The molecule has 3 aromatic rings. The van der Waals surface area contributed by atoms with E-state index in [4.69, 9.17) is 21.1 Å². The van der Waals surface area contributed by atoms with Crippen molar-refractivity contribution in [2.75, 3.05) is 0 Å². The molecule has 0 saturated heterocycles. The first-order valence-corrected chi connectivity index (χ1v) is 12.7. The smallest absolute Gasteiger partial charge is 0.363 e. The first-order chi connectivity index (χ1) is 15.3. The molecule has 9 heteroatoms. The highest BCUT2D eigenvalue weighted by molar-refractivity contribution is 14.1. The van der Waals surface area contributed by atoms with Gasteiger partial charge < -0.3 is 9.47 Å². The van der Waals surface area contributed by atoms with Crippen molar-refractivity contribution in [1.29, 1.82) is 0 Å². The molecule has 0 atom stereocenters. The second kappa shape index (κ2) is 10.2. The molecule has 1 heterocycles. The van der Waals surface area contributed by atoms with Crippen LogP contribution in [0, 0.1) is 10.7 Å². The van der Waals surface area contributed by atoms with E-state index >= 15 is 0 Å². The molecule has 0 saturated carbocycles. The van der Waals surface area contributed by atoms with Gasteiger partial charge in [-0.2, -0.15) is 0 Å². The van der Waals surface area contributed by atoms with E-state index in [1.54, 1.807) is 42.5 Å². The van der Waals surface area contributed by atoms with E-state index in [2.05, 4.69) is 72.8 Å². The van der Waals surface area contributed by atoms with Crippen molar-refractivity contribution in [3.05, 3.63) is 98.8 Å². The third kappa shape index (κ3) is 5.34. The van der Waals surface area contributed by atoms with Gasteiger partial charge in [0.1, 0.15) is 0 Å². The SMILES string of the molecule is O=C1OC(c2cc(I)ccc2Cl)=N/C1=C\c1cc(I)c(OC(=O)c2ccccc2)c(I)c1. The number of hydrogen-bond donors (Lipinski definition) is 0. The lowest BCUT2D eigenvalue weighted by Crippen LogP contribution is -2.10. The summed E-state index contributed by atoms with van der Waals surface area (Å²) in [5.41, 5.74) is 1.91. The number of hydrogen-bond acceptors (Lipinski definition) is 5. The van der Waals surface area contributed by atoms with Crippen LogP contribution in [0.15, 0.2) is 71.4 Å². The summed E-state index contributed by atoms with van der Waals surface area (Å²) in [4.78, 5) is 29.1. The number of cyclic esters (lactones) is 1. The number of carbonyl (C=O) groups is 2. The molecule has 3 aromatic carbocycles. The summed E-state index contributed by atoms with van der Waals surface area (Å²) in [5, 5.41) is 0.451. The molecule has 160 valence electrons. The van der Waals surface area contributed by atoms with E-state index in [1.165, 1.54) is 0 Å². The van der Waals surface area contributed by atoms with Crippen LogP contribution in [0.4, 0.5) is 0 Å². The van der Waals surface area contributed by atoms with Gasteiger partial charge in [-0.15, -0.1) is 0 Å². The molecule has 0 N–H and O–H groups in total. The Balaban J connectivity index is 1.62. The Labute approximate surface area is 229 Å². The molecule has 0 fully saturated rings. The quantitative estimate of drug-likeness (QED) is 0.128. The minimum Gasteiger partial charge on any atom is -0.421 e. The standard InChI is InChI=1S/C23H11ClI3NO4/c24-16-7-6-14(25)11-15(16)21-28-19(23(30)32-21)10-12-8-17(26)20(18(27)9-12)31-22(29)13-4-2-1-3-5-13/h1-11H/b19-10-. The third-order valence-corrected chi connectivity index (χ3v) is 6.91. The summed E-state index contributed by atoms with van der Waals surface area (Å²) >= 11 is 12.6. The Morgan fingerprint density at radius 1 is 1.00 bits per heavy atom. The summed E-state index contributed by atoms with van der Waals surface area (Å²) in [6.07, 6.45) is 1.63. The number of nitrogens with zero attached hydrogens (tertiary/aromatic N) is 1. The monoisotopic (exact) mass is 781 g/mol. The van der Waals surface area contributed by atoms with E-state index in [0.29, 0.717) is 21.9 Å². The molecule has 1 aliphatic rings. The van der Waals surface area contributed by atoms with E-state index in [9.17, 15) is 9.59 Å². The zero-order valence-electron chi connectivity index (χ0n) is 15.9. The summed E-state index contributed by atoms with van der Waals surface area (Å²) in [5.74, 6) is -0.358. The second-order valence-corrected chi connectivity index (χ2v) is 10.5. The van der Waals surface area contributed by atoms with Crippen molar-refractivity contribution < 1.29 is 19.1 Å². The Morgan fingerprint density at radius 2 is 1.69 bits per heavy atom. The van der Waals surface area contributed by atoms with E-state index < -0.39 is 11.9 Å². The first-order valence-electron chi connectivity index (χ1n) is 9.06. The Morgan fingerprint density at radius 3 is 2.38 bits per heavy atom. The molecule has 0 amide bonds. The maximum Gasteiger partial charge on any atom is 0.363 e. The van der Waals surface area contributed by atoms with Crippen molar-refractivity contribution >= 4 is 103 Å². The zero-order valence-corrected chi connectivity index (χ0v) is 23.2. The molecular formula is C23H11ClI3NO4. The van der Waals surface area contributed by atoms with Gasteiger partial charge in [0, 0.05) is 3.57 Å². The number of rotatable bonds is 4. The maximum absolute atomic E-state index is 12.4. The number of ether oxygens (including phenoxy) is 2. The fourth-order valence-electron chi connectivity index (χ4n) is 2.83. The average molecular weight is 782 g/mol. The highest BCUT2D eigenvalue weighted by Crippen LogP contribution is 2.31. The van der Waals surface area contributed by atoms with Gasteiger partial charge in [0.2, 0.25) is 5.90 Å². The van der Waals surface area contributed by atoms with Gasteiger partial charge in [-0.3, -0.25) is 0 Å². The van der Waals surface area contributed by atoms with Crippen molar-refractivity contribution in [1.82, 2.24) is 0 Å². The fraction of sp³-hybridized carbons (Fsp3) is 0. The van der Waals surface area contributed by atoms with Gasteiger partial charge in [-0.1, -0.05) is 29.8 Å². The van der Waals surface area contributed by atoms with Gasteiger partial charge in [-0.25, -0.2) is 14.6 Å². The molecule has 0 aromatic heterocycles. The number of aliphatic imine (C=N–C) groups is 1. The van der Waals surface area contributed by atoms with Crippen molar-refractivity contribution in [2.45, 2.75) is 0 Å². The van der Waals surface area contributed by atoms with Crippen LogP contribution in [-0.2, 0) is 9.53 Å². The van der Waals surface area contributed by atoms with Crippen LogP contribution in [0.25, 0.3) is 6.08 Å². The summed E-state index contributed by atoms with van der Waals surface area (Å²) < 4.78 is 13.3. The number of benzene rings is 3. The summed E-state index contributed by atoms with van der Waals surface area (Å²) in [7, 11) is 0. The lowest BCUT2D eigenvalue weighted by atomic mass is 10.2. The number of halogens is 4. The molecule has 32 heavy (non-hydrogen) atoms. The summed E-state index contributed by atoms with van der Waals surface area (Å²) in [6.45, 7) is 0. The molecule has 0 aliphatic carbocycles. The summed E-state index contributed by atoms with van der Waals surface area (Å²) in [6, 6.07) is 17.8. The topological polar surface area (TPSA) is 65.0 Å². The zero-order chi connectivity index (χ0) is 22.8. The molecule has 4 rings (SSSR count). The van der Waals surface area contributed by atoms with E-state index in [0.717, 1.165) is 16.3 Å². The minimum atomic E-state index is -0.556. The highest BCUT2D eigenvalue weighted by Gasteiger charge is 2.26. The van der Waals surface area contributed by atoms with Gasteiger partial charge >= 0.3 is 11.9 Å². The normalized spacial score (nSPS) is 14.3. The van der Waals surface area contributed by atoms with E-state index in [1.807, 2.05) is 24.3 Å². The van der Waals surface area contributed by atoms with Gasteiger partial charge in [0.25, 0.3) is 0 Å². The average Bonchev–Trinajstić information content (AvgIpc) is 3.13. The molecule has 1 aliphatic heterocycles. The molecule has 0 spiro atoms. The number of carbonyl (C=O) groups excluding carboxylic acids is 2. The lowest BCUT2D eigenvalue weighted by molar-refractivity contribution is -0.129. The van der Waals surface area contributed by atoms with Crippen LogP contribution in [0.5, 0.6) is 5.75 Å². The third-order valence-electron chi connectivity index (χ3n) is 4.31. The van der Waals surface area contributed by atoms with Crippen molar-refractivity contribution in [3.8, 4) is 5.75 Å². The molecular weight excluding hydrogens is 770 g/mol. The van der Waals surface area contributed by atoms with Crippen molar-refractivity contribution in [2.24, 2.45) is 4.99 Å². The molecule has 0 bridgehead atoms. The second-order valence-electron chi connectivity index (χ2n) is 6.53. The Hall–Kier alpha value is -1.51. The van der Waals surface area contributed by atoms with Crippen LogP contribution in [0.3, 0.4) is 0 Å². The first kappa shape index (κ1) is 23.6. The Bertz CT molecular complexity index is 1280. The number of esters is 2. The fourth-order valence-corrected chi connectivity index (χ4v) is 5.56. The lowest BCUT2D eigenvalue weighted by Gasteiger charge is -2.10. The minimum absolute atomic E-state index is 0.163. The van der Waals surface area contributed by atoms with Crippen LogP contribution >= 0.6 is 79.4 Å².